The van der Waals surface area contributed by atoms with Crippen molar-refractivity contribution in [2.24, 2.45) is 5.73 Å². The van der Waals surface area contributed by atoms with Crippen LogP contribution < -0.4 is 10.5 Å². The highest BCUT2D eigenvalue weighted by molar-refractivity contribution is 5.66. The number of benzene rings is 3. The molecule has 1 atom stereocenters. The summed E-state index contributed by atoms with van der Waals surface area (Å²) in [4.78, 5) is 4.57. The van der Waals surface area contributed by atoms with E-state index in [1.54, 1.807) is 12.1 Å². The summed E-state index contributed by atoms with van der Waals surface area (Å²) in [5.74, 6) is 1.56. The van der Waals surface area contributed by atoms with Crippen molar-refractivity contribution < 1.29 is 10.7 Å². The number of fused-ring (bicyclic) bond motifs is 1. The van der Waals surface area contributed by atoms with Gasteiger partial charge in [0.15, 0.2) is 0 Å². The van der Waals surface area contributed by atoms with Crippen molar-refractivity contribution in [1.29, 1.82) is 5.26 Å². The monoisotopic (exact) mass is 468 g/mol. The first-order chi connectivity index (χ1) is 17.0. The lowest BCUT2D eigenvalue weighted by Gasteiger charge is -2.11. The number of aryl methyl sites for hydroxylation is 1. The number of rotatable bonds is 5. The van der Waals surface area contributed by atoms with Crippen LogP contribution in [0.15, 0.2) is 71.3 Å². The van der Waals surface area contributed by atoms with E-state index < -0.39 is 0 Å². The van der Waals surface area contributed by atoms with Crippen molar-refractivity contribution in [2.75, 3.05) is 0 Å². The lowest BCUT2D eigenvalue weighted by molar-refractivity contribution is 0.241. The molecule has 0 saturated carbocycles. The van der Waals surface area contributed by atoms with Gasteiger partial charge >= 0.3 is 0 Å². The van der Waals surface area contributed by atoms with Crippen molar-refractivity contribution in [3.63, 3.8) is 0 Å². The van der Waals surface area contributed by atoms with E-state index in [4.69, 9.17) is 15.0 Å². The number of hydrogen-bond donors (Lipinski definition) is 1. The fourth-order valence-corrected chi connectivity index (χ4v) is 4.14. The van der Waals surface area contributed by atoms with Crippen LogP contribution in [-0.2, 0) is 12.8 Å². The Kier molecular flexibility index (Phi) is 7.59. The molecule has 0 aliphatic heterocycles. The van der Waals surface area contributed by atoms with Gasteiger partial charge in [-0.15, -0.1) is 0 Å². The largest absolute Gasteiger partial charge is 0.490 e. The molecule has 0 fully saturated rings. The Morgan fingerprint density at radius 2 is 1.83 bits per heavy atom. The Bertz CT molecular complexity index is 1330. The van der Waals surface area contributed by atoms with Crippen LogP contribution in [0.2, 0.25) is 0 Å². The molecule has 0 unspecified atom stereocenters. The van der Waals surface area contributed by atoms with Gasteiger partial charge in [-0.2, -0.15) is 10.2 Å². The highest BCUT2D eigenvalue weighted by Crippen LogP contribution is 2.33. The maximum absolute atomic E-state index is 9.40. The minimum Gasteiger partial charge on any atom is -0.490 e. The van der Waals surface area contributed by atoms with E-state index >= 15 is 0 Å². The molecule has 2 N–H and O–H groups in total. The number of hydrogen-bond acceptors (Lipinski definition) is 6. The van der Waals surface area contributed by atoms with Gasteiger partial charge in [0.1, 0.15) is 11.8 Å². The Balaban J connectivity index is 0.000000307. The van der Waals surface area contributed by atoms with Gasteiger partial charge in [-0.25, -0.2) is 0 Å². The SMILES string of the molecule is CC(C)Oc1ccc(-c2nc(-c3cccc4c3CCC4)no2)cc1C#N.C[C@@H](N)c1ccccc1.[HH]. The second-order valence-corrected chi connectivity index (χ2v) is 8.91. The molecule has 0 radical (unpaired) electrons. The highest BCUT2D eigenvalue weighted by atomic mass is 16.5. The molecule has 3 aromatic carbocycles. The quantitative estimate of drug-likeness (QED) is 0.359. The van der Waals surface area contributed by atoms with Gasteiger partial charge in [0.05, 0.1) is 11.7 Å². The van der Waals surface area contributed by atoms with E-state index in [-0.39, 0.29) is 13.6 Å². The average molecular weight is 469 g/mol. The van der Waals surface area contributed by atoms with Crippen LogP contribution in [0.5, 0.6) is 5.75 Å². The lowest BCUT2D eigenvalue weighted by atomic mass is 10.0. The van der Waals surface area contributed by atoms with E-state index in [0.29, 0.717) is 28.6 Å². The van der Waals surface area contributed by atoms with Crippen LogP contribution in [0.25, 0.3) is 22.8 Å². The molecule has 1 aliphatic rings. The fraction of sp³-hybridized carbons (Fsp3) is 0.276. The standard InChI is InChI=1S/C21H19N3O2.C8H11N.H2/c1-13(2)25-19-10-9-15(11-16(19)12-22)21-23-20(24-26-21)18-8-4-6-14-5-3-7-17(14)18;1-7(9)8-5-3-2-4-6-8;/h4,6,8-11,13H,3,5,7H2,1-2H3;2-7H,9H2,1H3;1H/t;7-;/m.1./s1. The molecule has 4 aromatic rings. The Hall–Kier alpha value is -3.95. The maximum atomic E-state index is 9.40. The van der Waals surface area contributed by atoms with Gasteiger partial charge in [-0.05, 0) is 74.9 Å². The molecule has 35 heavy (non-hydrogen) atoms. The third-order valence-corrected chi connectivity index (χ3v) is 5.85. The van der Waals surface area contributed by atoms with E-state index in [2.05, 4.69) is 22.3 Å². The van der Waals surface area contributed by atoms with E-state index in [1.165, 1.54) is 23.1 Å². The second kappa shape index (κ2) is 11.0. The molecule has 5 rings (SSSR count). The number of nitriles is 1. The van der Waals surface area contributed by atoms with Crippen LogP contribution in [0, 0.1) is 11.3 Å². The zero-order valence-corrected chi connectivity index (χ0v) is 20.4. The predicted octanol–water partition coefficient (Wildman–Crippen LogP) is 6.50. The molecule has 1 heterocycles. The summed E-state index contributed by atoms with van der Waals surface area (Å²) in [6.45, 7) is 5.84. The third kappa shape index (κ3) is 5.76. The molecule has 0 bridgehead atoms. The minimum absolute atomic E-state index is 0. The maximum Gasteiger partial charge on any atom is 0.258 e. The fourth-order valence-electron chi connectivity index (χ4n) is 4.14. The summed E-state index contributed by atoms with van der Waals surface area (Å²) in [5.41, 5.74) is 11.7. The molecule has 0 spiro atoms. The van der Waals surface area contributed by atoms with Gasteiger partial charge in [-0.3, -0.25) is 0 Å². The number of nitrogens with zero attached hydrogens (tertiary/aromatic N) is 3. The first-order valence-electron chi connectivity index (χ1n) is 11.9. The minimum atomic E-state index is 0. The third-order valence-electron chi connectivity index (χ3n) is 5.85. The van der Waals surface area contributed by atoms with Crippen LogP contribution in [0.1, 0.15) is 56.9 Å². The van der Waals surface area contributed by atoms with E-state index in [9.17, 15) is 5.26 Å². The number of nitrogens with two attached hydrogens (primary N) is 1. The van der Waals surface area contributed by atoms with Crippen LogP contribution in [0.3, 0.4) is 0 Å². The van der Waals surface area contributed by atoms with Crippen molar-refractivity contribution in [3.05, 3.63) is 89.0 Å². The van der Waals surface area contributed by atoms with Gasteiger partial charge in [0.25, 0.3) is 5.89 Å². The Morgan fingerprint density at radius 3 is 2.51 bits per heavy atom. The molecule has 0 saturated heterocycles. The van der Waals surface area contributed by atoms with Crippen LogP contribution in [-0.4, -0.2) is 16.2 Å². The first kappa shape index (κ1) is 24.2. The first-order valence-corrected chi connectivity index (χ1v) is 11.9. The summed E-state index contributed by atoms with van der Waals surface area (Å²) in [6, 6.07) is 24.0. The van der Waals surface area contributed by atoms with Gasteiger partial charge in [0, 0.05) is 18.6 Å². The molecule has 6 heteroatoms. The highest BCUT2D eigenvalue weighted by Gasteiger charge is 2.20. The molecule has 1 aromatic heterocycles. The molecule has 180 valence electrons. The zero-order valence-electron chi connectivity index (χ0n) is 20.4. The van der Waals surface area contributed by atoms with Crippen molar-refractivity contribution in [2.45, 2.75) is 52.2 Å². The number of ether oxygens (including phenoxy) is 1. The average Bonchev–Trinajstić information content (AvgIpc) is 3.55. The summed E-state index contributed by atoms with van der Waals surface area (Å²) in [5, 5.41) is 13.6. The zero-order chi connectivity index (χ0) is 24.8. The molecular weight excluding hydrogens is 436 g/mol. The molecule has 0 amide bonds. The smallest absolute Gasteiger partial charge is 0.258 e. The normalized spacial score (nSPS) is 12.9. The Morgan fingerprint density at radius 1 is 1.03 bits per heavy atom. The number of aromatic nitrogens is 2. The van der Waals surface area contributed by atoms with Gasteiger partial charge in [0.2, 0.25) is 5.82 Å². The molecular formula is C29H32N4O2. The van der Waals surface area contributed by atoms with Crippen molar-refractivity contribution in [3.8, 4) is 34.7 Å². The lowest BCUT2D eigenvalue weighted by Crippen LogP contribution is -2.06. The summed E-state index contributed by atoms with van der Waals surface area (Å²) < 4.78 is 11.1. The molecule has 6 nitrogen and oxygen atoms in total. The Labute approximate surface area is 207 Å². The van der Waals surface area contributed by atoms with Gasteiger partial charge < -0.3 is 15.0 Å². The van der Waals surface area contributed by atoms with Gasteiger partial charge in [-0.1, -0.05) is 53.7 Å². The predicted molar refractivity (Wildman–Crippen MR) is 139 cm³/mol. The van der Waals surface area contributed by atoms with Crippen molar-refractivity contribution >= 4 is 0 Å². The summed E-state index contributed by atoms with van der Waals surface area (Å²) in [7, 11) is 0. The summed E-state index contributed by atoms with van der Waals surface area (Å²) in [6.07, 6.45) is 3.33. The summed E-state index contributed by atoms with van der Waals surface area (Å²) >= 11 is 0. The van der Waals surface area contributed by atoms with E-state index in [1.807, 2.05) is 69.3 Å². The van der Waals surface area contributed by atoms with E-state index in [0.717, 1.165) is 18.4 Å². The molecule has 1 aliphatic carbocycles. The topological polar surface area (TPSA) is 98.0 Å². The second-order valence-electron chi connectivity index (χ2n) is 8.91. The van der Waals surface area contributed by atoms with Crippen molar-refractivity contribution in [1.82, 2.24) is 10.1 Å². The van der Waals surface area contributed by atoms with Crippen LogP contribution in [0.4, 0.5) is 0 Å². The van der Waals surface area contributed by atoms with Crippen LogP contribution >= 0.6 is 0 Å².